The van der Waals surface area contributed by atoms with Crippen LogP contribution in [0.1, 0.15) is 6.42 Å². The molecule has 2 aromatic carbocycles. The largest absolute Gasteiger partial charge is 0.365 e. The van der Waals surface area contributed by atoms with Crippen molar-refractivity contribution in [3.05, 3.63) is 48.5 Å². The Morgan fingerprint density at radius 1 is 1.10 bits per heavy atom. The monoisotopic (exact) mass is 278 g/mol. The summed E-state index contributed by atoms with van der Waals surface area (Å²) in [6.07, 6.45) is 1.15. The summed E-state index contributed by atoms with van der Waals surface area (Å²) >= 11 is 0. The molecule has 1 atom stereocenters. The Hall–Kier alpha value is -2.33. The first-order chi connectivity index (χ1) is 10.4. The van der Waals surface area contributed by atoms with E-state index >= 15 is 0 Å². The second kappa shape index (κ2) is 5.22. The number of nitrogens with zero attached hydrogens (tertiary/aromatic N) is 1. The van der Waals surface area contributed by atoms with Crippen molar-refractivity contribution in [2.45, 2.75) is 12.5 Å². The molecule has 1 aromatic heterocycles. The average Bonchev–Trinajstić information content (AvgIpc) is 3.19. The van der Waals surface area contributed by atoms with Gasteiger partial charge in [-0.15, -0.1) is 0 Å². The summed E-state index contributed by atoms with van der Waals surface area (Å²) in [7, 11) is 0. The molecular weight excluding hydrogens is 260 g/mol. The van der Waals surface area contributed by atoms with E-state index in [1.54, 1.807) is 0 Å². The first kappa shape index (κ1) is 12.4. The number of H-pyrrole nitrogens is 1. The number of rotatable bonds is 3. The van der Waals surface area contributed by atoms with E-state index in [0.29, 0.717) is 6.04 Å². The highest BCUT2D eigenvalue weighted by Gasteiger charge is 2.15. The summed E-state index contributed by atoms with van der Waals surface area (Å²) in [5.41, 5.74) is 2.25. The molecule has 0 amide bonds. The van der Waals surface area contributed by atoms with Crippen LogP contribution in [0.4, 0.5) is 5.82 Å². The van der Waals surface area contributed by atoms with Crippen LogP contribution in [-0.4, -0.2) is 29.3 Å². The fraction of sp³-hybridized carbons (Fsp3) is 0.235. The van der Waals surface area contributed by atoms with Gasteiger partial charge in [0.1, 0.15) is 5.82 Å². The number of hydrogen-bond donors (Lipinski definition) is 3. The number of benzene rings is 2. The number of fused-ring (bicyclic) bond motifs is 1. The Morgan fingerprint density at radius 2 is 2.00 bits per heavy atom. The quantitative estimate of drug-likeness (QED) is 0.690. The normalized spacial score (nSPS) is 18.2. The van der Waals surface area contributed by atoms with E-state index < -0.39 is 0 Å². The first-order valence-corrected chi connectivity index (χ1v) is 7.41. The molecule has 0 radical (unpaired) electrons. The Morgan fingerprint density at radius 3 is 2.90 bits per heavy atom. The standard InChI is InChI=1S/C17H18N4/c1-2-6-14-12(4-1)5-3-7-15(14)16-10-17(21-20-16)19-13-8-9-18-11-13/h1-7,10,13,18H,8-9,11H2,(H2,19,20,21). The lowest BCUT2D eigenvalue weighted by Crippen LogP contribution is -2.22. The number of anilines is 1. The van der Waals surface area contributed by atoms with E-state index in [2.05, 4.69) is 69.4 Å². The number of nitrogens with one attached hydrogen (secondary N) is 3. The van der Waals surface area contributed by atoms with Gasteiger partial charge in [0.05, 0.1) is 5.69 Å². The third-order valence-corrected chi connectivity index (χ3v) is 4.07. The molecule has 1 aliphatic heterocycles. The van der Waals surface area contributed by atoms with Crippen molar-refractivity contribution in [1.29, 1.82) is 0 Å². The van der Waals surface area contributed by atoms with E-state index in [4.69, 9.17) is 0 Å². The maximum Gasteiger partial charge on any atom is 0.148 e. The predicted octanol–water partition coefficient (Wildman–Crippen LogP) is 3.00. The van der Waals surface area contributed by atoms with Crippen LogP contribution in [0.5, 0.6) is 0 Å². The first-order valence-electron chi connectivity index (χ1n) is 7.41. The van der Waals surface area contributed by atoms with Gasteiger partial charge in [0.2, 0.25) is 0 Å². The van der Waals surface area contributed by atoms with Crippen molar-refractivity contribution < 1.29 is 0 Å². The summed E-state index contributed by atoms with van der Waals surface area (Å²) in [6, 6.07) is 17.4. The molecule has 0 spiro atoms. The maximum atomic E-state index is 4.40. The molecule has 0 saturated carbocycles. The molecule has 4 heteroatoms. The molecular formula is C17H18N4. The molecule has 2 heterocycles. The van der Waals surface area contributed by atoms with E-state index in [9.17, 15) is 0 Å². The lowest BCUT2D eigenvalue weighted by Gasteiger charge is -2.08. The van der Waals surface area contributed by atoms with Crippen LogP contribution in [0.3, 0.4) is 0 Å². The molecule has 1 fully saturated rings. The second-order valence-corrected chi connectivity index (χ2v) is 5.53. The van der Waals surface area contributed by atoms with Crippen LogP contribution in [0.2, 0.25) is 0 Å². The zero-order valence-corrected chi connectivity index (χ0v) is 11.8. The van der Waals surface area contributed by atoms with Crippen LogP contribution in [-0.2, 0) is 0 Å². The van der Waals surface area contributed by atoms with Crippen LogP contribution >= 0.6 is 0 Å². The summed E-state index contributed by atoms with van der Waals surface area (Å²) < 4.78 is 0. The maximum absolute atomic E-state index is 4.40. The van der Waals surface area contributed by atoms with Crippen molar-refractivity contribution in [3.8, 4) is 11.3 Å². The van der Waals surface area contributed by atoms with Crippen molar-refractivity contribution in [2.75, 3.05) is 18.4 Å². The summed E-state index contributed by atoms with van der Waals surface area (Å²) in [5, 5.41) is 16.9. The molecule has 106 valence electrons. The zero-order chi connectivity index (χ0) is 14.1. The molecule has 1 aliphatic rings. The van der Waals surface area contributed by atoms with Gasteiger partial charge in [-0.1, -0.05) is 42.5 Å². The topological polar surface area (TPSA) is 52.7 Å². The minimum absolute atomic E-state index is 0.480. The Labute approximate surface area is 123 Å². The van der Waals surface area contributed by atoms with Crippen LogP contribution in [0.15, 0.2) is 48.5 Å². The van der Waals surface area contributed by atoms with Crippen molar-refractivity contribution >= 4 is 16.6 Å². The Kier molecular flexibility index (Phi) is 3.09. The van der Waals surface area contributed by atoms with Crippen LogP contribution in [0, 0.1) is 0 Å². The minimum atomic E-state index is 0.480. The predicted molar refractivity (Wildman–Crippen MR) is 86.4 cm³/mol. The minimum Gasteiger partial charge on any atom is -0.365 e. The van der Waals surface area contributed by atoms with Gasteiger partial charge in [0.15, 0.2) is 0 Å². The Bertz CT molecular complexity index is 751. The highest BCUT2D eigenvalue weighted by molar-refractivity contribution is 5.96. The Balaban J connectivity index is 1.67. The van der Waals surface area contributed by atoms with Gasteiger partial charge in [0.25, 0.3) is 0 Å². The summed E-state index contributed by atoms with van der Waals surface area (Å²) in [6.45, 7) is 2.09. The molecule has 4 rings (SSSR count). The summed E-state index contributed by atoms with van der Waals surface area (Å²) in [4.78, 5) is 0. The molecule has 21 heavy (non-hydrogen) atoms. The smallest absolute Gasteiger partial charge is 0.148 e. The van der Waals surface area contributed by atoms with Gasteiger partial charge >= 0.3 is 0 Å². The van der Waals surface area contributed by atoms with E-state index in [-0.39, 0.29) is 0 Å². The molecule has 3 N–H and O–H groups in total. The zero-order valence-electron chi connectivity index (χ0n) is 11.8. The van der Waals surface area contributed by atoms with Crippen molar-refractivity contribution in [2.24, 2.45) is 0 Å². The molecule has 0 bridgehead atoms. The van der Waals surface area contributed by atoms with Gasteiger partial charge in [-0.25, -0.2) is 0 Å². The SMILES string of the molecule is c1ccc2c(-c3cc(NC4CCNC4)n[nH]3)cccc2c1. The molecule has 3 aromatic rings. The van der Waals surface area contributed by atoms with Crippen molar-refractivity contribution in [1.82, 2.24) is 15.5 Å². The van der Waals surface area contributed by atoms with E-state index in [0.717, 1.165) is 31.0 Å². The van der Waals surface area contributed by atoms with Crippen molar-refractivity contribution in [3.63, 3.8) is 0 Å². The van der Waals surface area contributed by atoms with Gasteiger partial charge in [0, 0.05) is 24.2 Å². The third kappa shape index (κ3) is 2.38. The summed E-state index contributed by atoms with van der Waals surface area (Å²) in [5.74, 6) is 0.923. The lowest BCUT2D eigenvalue weighted by molar-refractivity contribution is 0.786. The highest BCUT2D eigenvalue weighted by Crippen LogP contribution is 2.28. The van der Waals surface area contributed by atoms with E-state index in [1.165, 1.54) is 16.3 Å². The van der Waals surface area contributed by atoms with Gasteiger partial charge < -0.3 is 10.6 Å². The lowest BCUT2D eigenvalue weighted by atomic mass is 10.0. The number of aromatic amines is 1. The van der Waals surface area contributed by atoms with Gasteiger partial charge in [-0.2, -0.15) is 5.10 Å². The van der Waals surface area contributed by atoms with Crippen LogP contribution in [0.25, 0.3) is 22.0 Å². The molecule has 1 unspecified atom stereocenters. The molecule has 1 saturated heterocycles. The average molecular weight is 278 g/mol. The fourth-order valence-electron chi connectivity index (χ4n) is 2.98. The number of hydrogen-bond acceptors (Lipinski definition) is 3. The van der Waals surface area contributed by atoms with Crippen LogP contribution < -0.4 is 10.6 Å². The number of aromatic nitrogens is 2. The third-order valence-electron chi connectivity index (χ3n) is 4.07. The highest BCUT2D eigenvalue weighted by atomic mass is 15.2. The van der Waals surface area contributed by atoms with Gasteiger partial charge in [-0.05, 0) is 23.7 Å². The fourth-order valence-corrected chi connectivity index (χ4v) is 2.98. The van der Waals surface area contributed by atoms with Gasteiger partial charge in [-0.3, -0.25) is 5.10 Å². The molecule has 0 aliphatic carbocycles. The van der Waals surface area contributed by atoms with E-state index in [1.807, 2.05) is 0 Å². The second-order valence-electron chi connectivity index (χ2n) is 5.53. The molecule has 4 nitrogen and oxygen atoms in total.